The van der Waals surface area contributed by atoms with E-state index >= 15 is 0 Å². The zero-order valence-corrected chi connectivity index (χ0v) is 14.2. The molecule has 22 heavy (non-hydrogen) atoms. The molecule has 1 aliphatic heterocycles. The molecule has 0 unspecified atom stereocenters. The first-order valence-electron chi connectivity index (χ1n) is 7.81. The average Bonchev–Trinajstić information content (AvgIpc) is 2.99. The van der Waals surface area contributed by atoms with Crippen molar-refractivity contribution in [3.05, 3.63) is 23.9 Å². The summed E-state index contributed by atoms with van der Waals surface area (Å²) in [5.41, 5.74) is 0.695. The van der Waals surface area contributed by atoms with Gasteiger partial charge in [-0.05, 0) is 36.8 Å². The predicted octanol–water partition coefficient (Wildman–Crippen LogP) is 1.89. The first kappa shape index (κ1) is 17.2. The number of nitrogens with one attached hydrogen (secondary N) is 1. The van der Waals surface area contributed by atoms with Crippen LogP contribution in [0.3, 0.4) is 0 Å². The smallest absolute Gasteiger partial charge is 0.251 e. The zero-order chi connectivity index (χ0) is 15.8. The first-order valence-corrected chi connectivity index (χ1v) is 8.79. The van der Waals surface area contributed by atoms with Crippen LogP contribution < -0.4 is 5.32 Å². The Labute approximate surface area is 136 Å². The van der Waals surface area contributed by atoms with Crippen LogP contribution >= 0.6 is 11.8 Å². The number of amides is 1. The van der Waals surface area contributed by atoms with Crippen molar-refractivity contribution in [2.24, 2.45) is 5.92 Å². The maximum absolute atomic E-state index is 12.2. The zero-order valence-electron chi connectivity index (χ0n) is 13.4. The van der Waals surface area contributed by atoms with E-state index in [-0.39, 0.29) is 5.91 Å². The van der Waals surface area contributed by atoms with Crippen LogP contribution in [0.1, 0.15) is 23.7 Å². The molecule has 1 amide bonds. The molecule has 0 radical (unpaired) electrons. The van der Waals surface area contributed by atoms with Crippen molar-refractivity contribution >= 4 is 17.7 Å². The highest BCUT2D eigenvalue weighted by molar-refractivity contribution is 7.99. The normalized spacial score (nSPS) is 18.5. The van der Waals surface area contributed by atoms with Crippen molar-refractivity contribution in [1.82, 2.24) is 15.2 Å². The SMILES string of the molecule is CCSc1cc(C(=O)NC[C@@H]2CCN(CCOC)C2)ccn1. The third-order valence-electron chi connectivity index (χ3n) is 3.82. The lowest BCUT2D eigenvalue weighted by Gasteiger charge is -2.15. The minimum absolute atomic E-state index is 0.00399. The van der Waals surface area contributed by atoms with E-state index in [4.69, 9.17) is 4.74 Å². The largest absolute Gasteiger partial charge is 0.383 e. The van der Waals surface area contributed by atoms with Crippen LogP contribution in [-0.2, 0) is 4.74 Å². The standard InChI is InChI=1S/C16H25N3O2S/c1-3-22-15-10-14(4-6-17-15)16(20)18-11-13-5-7-19(12-13)8-9-21-2/h4,6,10,13H,3,5,7-9,11-12H2,1-2H3,(H,18,20)/t13-/m0/s1. The lowest BCUT2D eigenvalue weighted by atomic mass is 10.1. The number of rotatable bonds is 8. The van der Waals surface area contributed by atoms with Gasteiger partial charge in [0, 0.05) is 38.5 Å². The second-order valence-corrected chi connectivity index (χ2v) is 6.76. The highest BCUT2D eigenvalue weighted by Crippen LogP contribution is 2.17. The Kier molecular flexibility index (Phi) is 7.15. The van der Waals surface area contributed by atoms with Crippen LogP contribution in [0, 0.1) is 5.92 Å². The van der Waals surface area contributed by atoms with Crippen molar-refractivity contribution in [2.45, 2.75) is 18.4 Å². The van der Waals surface area contributed by atoms with Crippen molar-refractivity contribution in [1.29, 1.82) is 0 Å². The van der Waals surface area contributed by atoms with Gasteiger partial charge in [-0.15, -0.1) is 11.8 Å². The molecular formula is C16H25N3O2S. The maximum atomic E-state index is 12.2. The molecule has 0 aromatic carbocycles. The Morgan fingerprint density at radius 2 is 2.45 bits per heavy atom. The number of carbonyl (C=O) groups excluding carboxylic acids is 1. The van der Waals surface area contributed by atoms with Crippen LogP contribution in [0.2, 0.25) is 0 Å². The third kappa shape index (κ3) is 5.26. The van der Waals surface area contributed by atoms with Crippen molar-refractivity contribution in [3.8, 4) is 0 Å². The number of likely N-dealkylation sites (tertiary alicyclic amines) is 1. The van der Waals surface area contributed by atoms with Gasteiger partial charge in [-0.25, -0.2) is 4.98 Å². The molecule has 1 atom stereocenters. The lowest BCUT2D eigenvalue weighted by molar-refractivity contribution is 0.0946. The van der Waals surface area contributed by atoms with Gasteiger partial charge in [-0.1, -0.05) is 6.92 Å². The van der Waals surface area contributed by atoms with E-state index in [9.17, 15) is 4.79 Å². The van der Waals surface area contributed by atoms with E-state index in [1.807, 2.05) is 6.07 Å². The Morgan fingerprint density at radius 1 is 1.59 bits per heavy atom. The summed E-state index contributed by atoms with van der Waals surface area (Å²) < 4.78 is 5.11. The van der Waals surface area contributed by atoms with Gasteiger partial charge in [0.2, 0.25) is 0 Å². The Balaban J connectivity index is 1.77. The van der Waals surface area contributed by atoms with Gasteiger partial charge in [0.1, 0.15) is 0 Å². The van der Waals surface area contributed by atoms with E-state index < -0.39 is 0 Å². The summed E-state index contributed by atoms with van der Waals surface area (Å²) in [5.74, 6) is 1.49. The summed E-state index contributed by atoms with van der Waals surface area (Å²) in [7, 11) is 1.73. The fraction of sp³-hybridized carbons (Fsp3) is 0.625. The molecule has 0 bridgehead atoms. The summed E-state index contributed by atoms with van der Waals surface area (Å²) >= 11 is 1.65. The number of thioether (sulfide) groups is 1. The van der Waals surface area contributed by atoms with Gasteiger partial charge in [-0.3, -0.25) is 4.79 Å². The number of aromatic nitrogens is 1. The molecule has 0 spiro atoms. The van der Waals surface area contributed by atoms with Gasteiger partial charge in [-0.2, -0.15) is 0 Å². The molecule has 1 saturated heterocycles. The van der Waals surface area contributed by atoms with Gasteiger partial charge in [0.25, 0.3) is 5.91 Å². The molecule has 1 aromatic rings. The van der Waals surface area contributed by atoms with Crippen molar-refractivity contribution in [2.75, 3.05) is 45.6 Å². The second-order valence-electron chi connectivity index (χ2n) is 5.47. The molecule has 2 rings (SSSR count). The molecule has 0 aliphatic carbocycles. The summed E-state index contributed by atoms with van der Waals surface area (Å²) in [6, 6.07) is 3.64. The molecule has 1 N–H and O–H groups in total. The lowest BCUT2D eigenvalue weighted by Crippen LogP contribution is -2.31. The Bertz CT molecular complexity index is 484. The number of methoxy groups -OCH3 is 1. The van der Waals surface area contributed by atoms with Gasteiger partial charge < -0.3 is 15.0 Å². The number of hydrogen-bond donors (Lipinski definition) is 1. The monoisotopic (exact) mass is 323 g/mol. The van der Waals surface area contributed by atoms with Crippen LogP contribution in [0.4, 0.5) is 0 Å². The van der Waals surface area contributed by atoms with E-state index in [0.717, 1.165) is 50.0 Å². The van der Waals surface area contributed by atoms with E-state index in [0.29, 0.717) is 11.5 Å². The number of carbonyl (C=O) groups is 1. The Hall–Kier alpha value is -1.11. The number of nitrogens with zero attached hydrogens (tertiary/aromatic N) is 2. The molecular weight excluding hydrogens is 298 g/mol. The molecule has 1 aromatic heterocycles. The molecule has 2 heterocycles. The number of ether oxygens (including phenoxy) is 1. The maximum Gasteiger partial charge on any atom is 0.251 e. The summed E-state index contributed by atoms with van der Waals surface area (Å²) in [5, 5.41) is 3.96. The molecule has 6 heteroatoms. The second kappa shape index (κ2) is 9.12. The quantitative estimate of drug-likeness (QED) is 0.741. The first-order chi connectivity index (χ1) is 10.7. The van der Waals surface area contributed by atoms with Gasteiger partial charge in [0.15, 0.2) is 0 Å². The Morgan fingerprint density at radius 3 is 3.23 bits per heavy atom. The van der Waals surface area contributed by atoms with Crippen LogP contribution in [0.25, 0.3) is 0 Å². The highest BCUT2D eigenvalue weighted by atomic mass is 32.2. The van der Waals surface area contributed by atoms with Crippen LogP contribution in [0.5, 0.6) is 0 Å². The minimum Gasteiger partial charge on any atom is -0.383 e. The number of hydrogen-bond acceptors (Lipinski definition) is 5. The molecule has 122 valence electrons. The number of pyridine rings is 1. The van der Waals surface area contributed by atoms with Gasteiger partial charge in [0.05, 0.1) is 11.6 Å². The van der Waals surface area contributed by atoms with E-state index in [1.54, 1.807) is 31.1 Å². The molecule has 1 aliphatic rings. The fourth-order valence-corrected chi connectivity index (χ4v) is 3.26. The predicted molar refractivity (Wildman–Crippen MR) is 89.4 cm³/mol. The highest BCUT2D eigenvalue weighted by Gasteiger charge is 2.22. The molecule has 1 fully saturated rings. The fourth-order valence-electron chi connectivity index (χ4n) is 2.62. The van der Waals surface area contributed by atoms with E-state index in [1.165, 1.54) is 0 Å². The van der Waals surface area contributed by atoms with Crippen LogP contribution in [-0.4, -0.2) is 61.4 Å². The summed E-state index contributed by atoms with van der Waals surface area (Å²) in [4.78, 5) is 18.9. The summed E-state index contributed by atoms with van der Waals surface area (Å²) in [6.45, 7) is 6.69. The molecule has 0 saturated carbocycles. The topological polar surface area (TPSA) is 54.5 Å². The minimum atomic E-state index is -0.00399. The third-order valence-corrected chi connectivity index (χ3v) is 4.63. The molecule has 5 nitrogen and oxygen atoms in total. The van der Waals surface area contributed by atoms with E-state index in [2.05, 4.69) is 22.1 Å². The average molecular weight is 323 g/mol. The van der Waals surface area contributed by atoms with Crippen molar-refractivity contribution in [3.63, 3.8) is 0 Å². The summed E-state index contributed by atoms with van der Waals surface area (Å²) in [6.07, 6.45) is 2.84. The van der Waals surface area contributed by atoms with Crippen LogP contribution in [0.15, 0.2) is 23.4 Å². The van der Waals surface area contributed by atoms with Gasteiger partial charge >= 0.3 is 0 Å². The van der Waals surface area contributed by atoms with Crippen molar-refractivity contribution < 1.29 is 9.53 Å².